The van der Waals surface area contributed by atoms with Crippen LogP contribution in [0.3, 0.4) is 0 Å². The van der Waals surface area contributed by atoms with Crippen LogP contribution < -0.4 is 16.0 Å². The third-order valence-electron chi connectivity index (χ3n) is 4.19. The maximum absolute atomic E-state index is 11.9. The second kappa shape index (κ2) is 5.52. The van der Waals surface area contributed by atoms with Gasteiger partial charge in [0.25, 0.3) is 5.56 Å². The van der Waals surface area contributed by atoms with Crippen molar-refractivity contribution in [1.29, 1.82) is 0 Å². The Morgan fingerprint density at radius 2 is 2.04 bits per heavy atom. The van der Waals surface area contributed by atoms with Crippen LogP contribution >= 0.6 is 0 Å². The molecule has 0 fully saturated rings. The van der Waals surface area contributed by atoms with Gasteiger partial charge in [-0.05, 0) is 34.9 Å². The van der Waals surface area contributed by atoms with Gasteiger partial charge >= 0.3 is 0 Å². The van der Waals surface area contributed by atoms with Crippen LogP contribution in [0.4, 0.5) is 0 Å². The summed E-state index contributed by atoms with van der Waals surface area (Å²) in [4.78, 5) is 18.3. The summed E-state index contributed by atoms with van der Waals surface area (Å²) in [7, 11) is 0. The number of nitrogens with zero attached hydrogens (tertiary/aromatic N) is 1. The Morgan fingerprint density at radius 3 is 2.88 bits per heavy atom. The van der Waals surface area contributed by atoms with E-state index in [1.807, 2.05) is 18.2 Å². The Labute approximate surface area is 141 Å². The Kier molecular flexibility index (Phi) is 3.32. The monoisotopic (exact) mass is 334 g/mol. The molecule has 1 aromatic carbocycles. The molecule has 0 atom stereocenters. The summed E-state index contributed by atoms with van der Waals surface area (Å²) in [6.45, 7) is 0. The van der Waals surface area contributed by atoms with Crippen LogP contribution in [0, 0.1) is 0 Å². The molecule has 6 heteroatoms. The molecule has 4 N–H and O–H groups in total. The minimum atomic E-state index is -0.331. The summed E-state index contributed by atoms with van der Waals surface area (Å²) < 4.78 is 0. The van der Waals surface area contributed by atoms with Crippen LogP contribution in [0.2, 0.25) is 0 Å². The van der Waals surface area contributed by atoms with E-state index in [1.165, 1.54) is 12.1 Å². The fraction of sp³-hybridized carbons (Fsp3) is 0.0526. The van der Waals surface area contributed by atoms with Crippen molar-refractivity contribution in [2.45, 2.75) is 6.42 Å². The summed E-state index contributed by atoms with van der Waals surface area (Å²) >= 11 is 0. The lowest BCUT2D eigenvalue weighted by Crippen LogP contribution is -2.41. The first-order chi connectivity index (χ1) is 12.0. The molecule has 2 heterocycles. The van der Waals surface area contributed by atoms with Crippen molar-refractivity contribution in [2.24, 2.45) is 0 Å². The van der Waals surface area contributed by atoms with Crippen LogP contribution in [0.15, 0.2) is 40.8 Å². The lowest BCUT2D eigenvalue weighted by Gasteiger charge is -2.09. The van der Waals surface area contributed by atoms with E-state index in [0.717, 1.165) is 5.57 Å². The maximum Gasteiger partial charge on any atom is 0.258 e. The lowest BCUT2D eigenvalue weighted by atomic mass is 9.99. The second-order valence-electron chi connectivity index (χ2n) is 5.86. The van der Waals surface area contributed by atoms with Gasteiger partial charge in [0.15, 0.2) is 17.4 Å². The van der Waals surface area contributed by atoms with Gasteiger partial charge in [0.1, 0.15) is 5.52 Å². The van der Waals surface area contributed by atoms with Gasteiger partial charge < -0.3 is 15.3 Å². The molecule has 0 aliphatic heterocycles. The van der Waals surface area contributed by atoms with Gasteiger partial charge in [0.2, 0.25) is 0 Å². The third-order valence-corrected chi connectivity index (χ3v) is 4.19. The van der Waals surface area contributed by atoms with Crippen LogP contribution in [-0.2, 0) is 0 Å². The molecule has 6 nitrogen and oxygen atoms in total. The number of pyridine rings is 2. The van der Waals surface area contributed by atoms with Gasteiger partial charge in [-0.3, -0.25) is 14.8 Å². The number of aromatic amines is 1. The zero-order chi connectivity index (χ0) is 17.6. The molecule has 3 aromatic rings. The first-order valence-electron chi connectivity index (χ1n) is 7.67. The van der Waals surface area contributed by atoms with Crippen LogP contribution in [0.5, 0.6) is 17.4 Å². The topological polar surface area (TPSA) is 106 Å². The van der Waals surface area contributed by atoms with Crippen molar-refractivity contribution in [3.63, 3.8) is 0 Å². The predicted molar refractivity (Wildman–Crippen MR) is 94.6 cm³/mol. The number of aromatic nitrogens is 2. The zero-order valence-corrected chi connectivity index (χ0v) is 13.0. The largest absolute Gasteiger partial charge is 0.504 e. The molecule has 2 aromatic heterocycles. The molecule has 124 valence electrons. The van der Waals surface area contributed by atoms with Crippen molar-refractivity contribution < 1.29 is 15.3 Å². The number of rotatable bonds is 1. The van der Waals surface area contributed by atoms with Crippen LogP contribution in [-0.4, -0.2) is 25.3 Å². The number of hydrogen-bond donors (Lipinski definition) is 4. The van der Waals surface area contributed by atoms with Gasteiger partial charge in [0, 0.05) is 22.9 Å². The average molecular weight is 334 g/mol. The number of phenols is 2. The minimum Gasteiger partial charge on any atom is -0.504 e. The summed E-state index contributed by atoms with van der Waals surface area (Å²) in [5.74, 6) is -0.683. The molecule has 0 saturated heterocycles. The first kappa shape index (κ1) is 15.0. The van der Waals surface area contributed by atoms with E-state index >= 15 is 0 Å². The second-order valence-corrected chi connectivity index (χ2v) is 5.86. The number of nitrogens with one attached hydrogen (secondary N) is 1. The van der Waals surface area contributed by atoms with Gasteiger partial charge in [-0.15, -0.1) is 0 Å². The summed E-state index contributed by atoms with van der Waals surface area (Å²) in [6, 6.07) is 6.54. The third kappa shape index (κ3) is 2.53. The van der Waals surface area contributed by atoms with Crippen molar-refractivity contribution in [2.75, 3.05) is 0 Å². The average Bonchev–Trinajstić information content (AvgIpc) is 2.59. The molecule has 25 heavy (non-hydrogen) atoms. The highest BCUT2D eigenvalue weighted by Gasteiger charge is 2.11. The normalized spacial score (nSPS) is 14.8. The lowest BCUT2D eigenvalue weighted by molar-refractivity contribution is 0.407. The quantitative estimate of drug-likeness (QED) is 0.499. The van der Waals surface area contributed by atoms with Crippen LogP contribution in [0.25, 0.3) is 29.1 Å². The molecular formula is C19H14N2O4. The minimum absolute atomic E-state index is 0.188. The maximum atomic E-state index is 11.9. The number of benzene rings is 1. The van der Waals surface area contributed by atoms with Gasteiger partial charge in [-0.25, -0.2) is 0 Å². The van der Waals surface area contributed by atoms with E-state index < -0.39 is 0 Å². The van der Waals surface area contributed by atoms with Crippen molar-refractivity contribution in [3.05, 3.63) is 62.4 Å². The van der Waals surface area contributed by atoms with E-state index in [9.17, 15) is 20.1 Å². The number of H-pyrrole nitrogens is 1. The van der Waals surface area contributed by atoms with E-state index in [0.29, 0.717) is 33.3 Å². The summed E-state index contributed by atoms with van der Waals surface area (Å²) in [5, 5.41) is 31.3. The number of aromatic hydroxyl groups is 3. The molecule has 0 bridgehead atoms. The fourth-order valence-electron chi connectivity index (χ4n) is 3.05. The Hall–Kier alpha value is -3.54. The SMILES string of the molecule is O=c1[nH]c(O)cc2c1=CCC(=Cc1cc(O)c(O)c3ncccc13)C=2. The van der Waals surface area contributed by atoms with E-state index in [1.54, 1.807) is 18.3 Å². The standard InChI is InChI=1S/C19H14N2O4/c22-15-8-11(13-2-1-5-20-17(13)18(15)24)6-10-3-4-14-12(7-10)9-16(23)21-19(14)25/h1-2,4-9,22-24H,3H2,(H,21,25). The fourth-order valence-corrected chi connectivity index (χ4v) is 3.05. The Morgan fingerprint density at radius 1 is 1.20 bits per heavy atom. The summed E-state index contributed by atoms with van der Waals surface area (Å²) in [5.41, 5.74) is 1.59. The smallest absolute Gasteiger partial charge is 0.258 e. The molecule has 4 rings (SSSR count). The van der Waals surface area contributed by atoms with Gasteiger partial charge in [-0.1, -0.05) is 24.3 Å². The summed E-state index contributed by atoms with van der Waals surface area (Å²) in [6.07, 6.45) is 7.55. The number of hydrogen-bond acceptors (Lipinski definition) is 5. The van der Waals surface area contributed by atoms with E-state index in [4.69, 9.17) is 0 Å². The first-order valence-corrected chi connectivity index (χ1v) is 7.67. The molecule has 0 spiro atoms. The van der Waals surface area contributed by atoms with Gasteiger partial charge in [-0.2, -0.15) is 0 Å². The zero-order valence-electron chi connectivity index (χ0n) is 13.0. The molecule has 1 aliphatic rings. The number of fused-ring (bicyclic) bond motifs is 2. The molecule has 0 saturated carbocycles. The predicted octanol–water partition coefficient (Wildman–Crippen LogP) is 1.09. The Bertz CT molecular complexity index is 1220. The Balaban J connectivity index is 1.93. The molecule has 0 amide bonds. The van der Waals surface area contributed by atoms with Crippen molar-refractivity contribution in [3.8, 4) is 17.4 Å². The molecule has 0 unspecified atom stereocenters. The highest BCUT2D eigenvalue weighted by molar-refractivity contribution is 5.95. The van der Waals surface area contributed by atoms with Crippen molar-refractivity contribution >= 4 is 29.1 Å². The molecule has 1 aliphatic carbocycles. The number of phenolic OH excluding ortho intramolecular Hbond substituents is 2. The van der Waals surface area contributed by atoms with E-state index in [2.05, 4.69) is 9.97 Å². The highest BCUT2D eigenvalue weighted by atomic mass is 16.3. The van der Waals surface area contributed by atoms with Crippen LogP contribution in [0.1, 0.15) is 12.0 Å². The van der Waals surface area contributed by atoms with Gasteiger partial charge in [0.05, 0.1) is 0 Å². The highest BCUT2D eigenvalue weighted by Crippen LogP contribution is 2.35. The number of allylic oxidation sites excluding steroid dienone is 1. The molecule has 0 radical (unpaired) electrons. The van der Waals surface area contributed by atoms with E-state index in [-0.39, 0.29) is 22.9 Å². The molecular weight excluding hydrogens is 320 g/mol. The van der Waals surface area contributed by atoms with Crippen molar-refractivity contribution in [1.82, 2.24) is 9.97 Å².